The lowest BCUT2D eigenvalue weighted by Crippen LogP contribution is -2.52. The molecule has 0 N–H and O–H groups in total. The fourth-order valence-electron chi connectivity index (χ4n) is 3.06. The Labute approximate surface area is 139 Å². The number of piperidine rings is 1. The lowest BCUT2D eigenvalue weighted by atomic mass is 10.0. The van der Waals surface area contributed by atoms with Crippen molar-refractivity contribution in [1.29, 1.82) is 0 Å². The van der Waals surface area contributed by atoms with Gasteiger partial charge in [-0.1, -0.05) is 38.5 Å². The van der Waals surface area contributed by atoms with Crippen molar-refractivity contribution in [3.05, 3.63) is 30.3 Å². The molecule has 6 heteroatoms. The van der Waals surface area contributed by atoms with Crippen molar-refractivity contribution in [3.63, 3.8) is 0 Å². The lowest BCUT2D eigenvalue weighted by molar-refractivity contribution is -0.135. The van der Waals surface area contributed by atoms with Crippen molar-refractivity contribution >= 4 is 15.9 Å². The molecule has 1 aromatic carbocycles. The largest absolute Gasteiger partial charge is 0.344 e. The number of carbonyl (C=O) groups excluding carboxylic acids is 1. The minimum Gasteiger partial charge on any atom is -0.344 e. The Morgan fingerprint density at radius 2 is 1.91 bits per heavy atom. The first-order chi connectivity index (χ1) is 10.8. The highest BCUT2D eigenvalue weighted by Gasteiger charge is 2.38. The number of hydrogen-bond acceptors (Lipinski definition) is 3. The highest BCUT2D eigenvalue weighted by atomic mass is 32.2. The van der Waals surface area contributed by atoms with Gasteiger partial charge < -0.3 is 4.90 Å². The molecule has 1 atom stereocenters. The number of rotatable bonds is 5. The molecule has 5 nitrogen and oxygen atoms in total. The Morgan fingerprint density at radius 3 is 2.52 bits per heavy atom. The van der Waals surface area contributed by atoms with Crippen molar-refractivity contribution in [2.45, 2.75) is 44.0 Å². The van der Waals surface area contributed by atoms with Crippen LogP contribution in [0.5, 0.6) is 0 Å². The normalized spacial score (nSPS) is 19.7. The Kier molecular flexibility index (Phi) is 5.81. The number of hydrogen-bond donors (Lipinski definition) is 0. The summed E-state index contributed by atoms with van der Waals surface area (Å²) in [6.07, 6.45) is 2.27. The van der Waals surface area contributed by atoms with E-state index in [-0.39, 0.29) is 10.8 Å². The molecule has 1 heterocycles. The maximum absolute atomic E-state index is 12.9. The third-order valence-electron chi connectivity index (χ3n) is 4.10. The van der Waals surface area contributed by atoms with Crippen LogP contribution in [0.2, 0.25) is 0 Å². The van der Waals surface area contributed by atoms with Crippen molar-refractivity contribution < 1.29 is 13.2 Å². The first kappa shape index (κ1) is 17.9. The Hall–Kier alpha value is -1.40. The predicted molar refractivity (Wildman–Crippen MR) is 90.4 cm³/mol. The molecule has 0 aromatic heterocycles. The summed E-state index contributed by atoms with van der Waals surface area (Å²) in [6, 6.07) is 7.79. The molecule has 1 fully saturated rings. The van der Waals surface area contributed by atoms with E-state index in [4.69, 9.17) is 0 Å². The van der Waals surface area contributed by atoms with Crippen LogP contribution in [0, 0.1) is 5.92 Å². The summed E-state index contributed by atoms with van der Waals surface area (Å²) in [5.74, 6) is 0.254. The molecule has 0 radical (unpaired) electrons. The molecule has 1 unspecified atom stereocenters. The van der Waals surface area contributed by atoms with Gasteiger partial charge in [-0.05, 0) is 30.9 Å². The predicted octanol–water partition coefficient (Wildman–Crippen LogP) is 2.34. The van der Waals surface area contributed by atoms with Crippen LogP contribution in [0.25, 0.3) is 0 Å². The van der Waals surface area contributed by atoms with E-state index in [1.54, 1.807) is 42.3 Å². The number of sulfonamides is 1. The summed E-state index contributed by atoms with van der Waals surface area (Å²) in [5, 5.41) is 0. The van der Waals surface area contributed by atoms with E-state index in [1.165, 1.54) is 4.31 Å². The van der Waals surface area contributed by atoms with E-state index < -0.39 is 16.1 Å². The second kappa shape index (κ2) is 7.45. The van der Waals surface area contributed by atoms with Gasteiger partial charge in [0.15, 0.2) is 0 Å². The molecule has 0 spiro atoms. The second-order valence-electron chi connectivity index (χ2n) is 6.55. The third-order valence-corrected chi connectivity index (χ3v) is 6.03. The highest BCUT2D eigenvalue weighted by Crippen LogP contribution is 2.26. The van der Waals surface area contributed by atoms with E-state index in [2.05, 4.69) is 0 Å². The van der Waals surface area contributed by atoms with Crippen LogP contribution >= 0.6 is 0 Å². The summed E-state index contributed by atoms with van der Waals surface area (Å²) in [7, 11) is -1.88. The minimum atomic E-state index is -3.63. The molecular formula is C17H26N2O3S. The first-order valence-corrected chi connectivity index (χ1v) is 9.60. The Balaban J connectivity index is 2.27. The van der Waals surface area contributed by atoms with E-state index >= 15 is 0 Å². The van der Waals surface area contributed by atoms with Crippen LogP contribution in [0.15, 0.2) is 35.2 Å². The first-order valence-electron chi connectivity index (χ1n) is 8.16. The van der Waals surface area contributed by atoms with Crippen LogP contribution in [0.1, 0.15) is 33.1 Å². The summed E-state index contributed by atoms with van der Waals surface area (Å²) >= 11 is 0. The van der Waals surface area contributed by atoms with Crippen molar-refractivity contribution in [1.82, 2.24) is 9.21 Å². The Bertz CT molecular complexity index is 628. The summed E-state index contributed by atoms with van der Waals surface area (Å²) < 4.78 is 27.2. The van der Waals surface area contributed by atoms with Gasteiger partial charge in [0.1, 0.15) is 6.04 Å². The molecule has 0 bridgehead atoms. The van der Waals surface area contributed by atoms with E-state index in [0.29, 0.717) is 25.4 Å². The topological polar surface area (TPSA) is 57.7 Å². The van der Waals surface area contributed by atoms with E-state index in [0.717, 1.165) is 12.8 Å². The molecule has 1 aliphatic heterocycles. The van der Waals surface area contributed by atoms with Gasteiger partial charge in [-0.15, -0.1) is 0 Å². The van der Waals surface area contributed by atoms with Gasteiger partial charge in [0, 0.05) is 20.1 Å². The molecule has 128 valence electrons. The summed E-state index contributed by atoms with van der Waals surface area (Å²) in [6.45, 7) is 5.13. The average molecular weight is 338 g/mol. The summed E-state index contributed by atoms with van der Waals surface area (Å²) in [4.78, 5) is 14.7. The van der Waals surface area contributed by atoms with Gasteiger partial charge in [0.2, 0.25) is 15.9 Å². The fraction of sp³-hybridized carbons (Fsp3) is 0.588. The third kappa shape index (κ3) is 4.12. The zero-order valence-electron chi connectivity index (χ0n) is 14.1. The number of amides is 1. The van der Waals surface area contributed by atoms with Crippen LogP contribution in [0.4, 0.5) is 0 Å². The van der Waals surface area contributed by atoms with Gasteiger partial charge in [0.25, 0.3) is 0 Å². The zero-order chi connectivity index (χ0) is 17.0. The maximum Gasteiger partial charge on any atom is 0.243 e. The lowest BCUT2D eigenvalue weighted by Gasteiger charge is -2.36. The van der Waals surface area contributed by atoms with Gasteiger partial charge in [-0.25, -0.2) is 8.42 Å². The van der Waals surface area contributed by atoms with Crippen LogP contribution < -0.4 is 0 Å². The number of nitrogens with zero attached hydrogens (tertiary/aromatic N) is 2. The molecule has 0 aliphatic carbocycles. The second-order valence-corrected chi connectivity index (χ2v) is 8.44. The quantitative estimate of drug-likeness (QED) is 0.828. The van der Waals surface area contributed by atoms with Crippen LogP contribution in [0.3, 0.4) is 0 Å². The van der Waals surface area contributed by atoms with Gasteiger partial charge in [-0.3, -0.25) is 4.79 Å². The average Bonchev–Trinajstić information content (AvgIpc) is 2.54. The molecular weight excluding hydrogens is 312 g/mol. The van der Waals surface area contributed by atoms with Crippen molar-refractivity contribution in [2.24, 2.45) is 5.92 Å². The number of benzene rings is 1. The fourth-order valence-corrected chi connectivity index (χ4v) is 4.73. The van der Waals surface area contributed by atoms with Gasteiger partial charge in [-0.2, -0.15) is 4.31 Å². The van der Waals surface area contributed by atoms with Gasteiger partial charge in [0.05, 0.1) is 4.90 Å². The highest BCUT2D eigenvalue weighted by molar-refractivity contribution is 7.89. The zero-order valence-corrected chi connectivity index (χ0v) is 14.9. The SMILES string of the molecule is CC(C)CN(C)C(=O)C1CCCCN1S(=O)(=O)c1ccccc1. The molecule has 1 amide bonds. The maximum atomic E-state index is 12.9. The van der Waals surface area contributed by atoms with Crippen molar-refractivity contribution in [2.75, 3.05) is 20.1 Å². The molecule has 2 rings (SSSR count). The summed E-state index contributed by atoms with van der Waals surface area (Å²) in [5.41, 5.74) is 0. The number of likely N-dealkylation sites (N-methyl/N-ethyl adjacent to an activating group) is 1. The Morgan fingerprint density at radius 1 is 1.26 bits per heavy atom. The van der Waals surface area contributed by atoms with Crippen LogP contribution in [-0.2, 0) is 14.8 Å². The monoisotopic (exact) mass is 338 g/mol. The molecule has 1 saturated heterocycles. The minimum absolute atomic E-state index is 0.0992. The molecule has 23 heavy (non-hydrogen) atoms. The molecule has 0 saturated carbocycles. The standard InChI is InChI=1S/C17H26N2O3S/c1-14(2)13-18(3)17(20)16-11-7-8-12-19(16)23(21,22)15-9-5-4-6-10-15/h4-6,9-10,14,16H,7-8,11-13H2,1-3H3. The van der Waals surface area contributed by atoms with Crippen molar-refractivity contribution in [3.8, 4) is 0 Å². The smallest absolute Gasteiger partial charge is 0.243 e. The molecule has 1 aromatic rings. The van der Waals surface area contributed by atoms with Crippen LogP contribution in [-0.4, -0.2) is 49.7 Å². The van der Waals surface area contributed by atoms with E-state index in [1.807, 2.05) is 13.8 Å². The molecule has 1 aliphatic rings. The van der Waals surface area contributed by atoms with Gasteiger partial charge >= 0.3 is 0 Å². The van der Waals surface area contributed by atoms with E-state index in [9.17, 15) is 13.2 Å². The number of carbonyl (C=O) groups is 1.